The standard InChI is InChI=1S/C19H18F2N2O3/c1-22-19(25)13-9-18(24)23(10-13)14-3-5-15(6-4-14)26-11-12-2-7-16(20)17(21)8-12/h2-8,13H,9-11H2,1H3,(H,22,25). The molecule has 26 heavy (non-hydrogen) atoms. The first-order chi connectivity index (χ1) is 12.5. The second-order valence-electron chi connectivity index (χ2n) is 6.05. The van der Waals surface area contributed by atoms with Gasteiger partial charge in [0.15, 0.2) is 11.6 Å². The zero-order valence-corrected chi connectivity index (χ0v) is 14.2. The summed E-state index contributed by atoms with van der Waals surface area (Å²) in [4.78, 5) is 25.4. The van der Waals surface area contributed by atoms with Crippen LogP contribution in [0.2, 0.25) is 0 Å². The highest BCUT2D eigenvalue weighted by atomic mass is 19.2. The van der Waals surface area contributed by atoms with Crippen LogP contribution < -0.4 is 15.0 Å². The molecular formula is C19H18F2N2O3. The summed E-state index contributed by atoms with van der Waals surface area (Å²) < 4.78 is 31.6. The van der Waals surface area contributed by atoms with Gasteiger partial charge in [0.2, 0.25) is 11.8 Å². The maximum Gasteiger partial charge on any atom is 0.227 e. The van der Waals surface area contributed by atoms with Gasteiger partial charge in [-0.15, -0.1) is 0 Å². The largest absolute Gasteiger partial charge is 0.489 e. The second-order valence-corrected chi connectivity index (χ2v) is 6.05. The van der Waals surface area contributed by atoms with Crippen LogP contribution in [-0.4, -0.2) is 25.4 Å². The SMILES string of the molecule is CNC(=O)C1CC(=O)N(c2ccc(OCc3ccc(F)c(F)c3)cc2)C1. The fourth-order valence-electron chi connectivity index (χ4n) is 2.86. The molecule has 136 valence electrons. The number of halogens is 2. The van der Waals surface area contributed by atoms with Crippen LogP contribution in [0.15, 0.2) is 42.5 Å². The van der Waals surface area contributed by atoms with Gasteiger partial charge >= 0.3 is 0 Å². The average Bonchev–Trinajstić information content (AvgIpc) is 3.04. The van der Waals surface area contributed by atoms with E-state index in [2.05, 4.69) is 5.32 Å². The molecule has 0 bridgehead atoms. The van der Waals surface area contributed by atoms with Crippen molar-refractivity contribution in [2.75, 3.05) is 18.5 Å². The highest BCUT2D eigenvalue weighted by molar-refractivity contribution is 6.00. The summed E-state index contributed by atoms with van der Waals surface area (Å²) in [5.41, 5.74) is 1.19. The Bertz CT molecular complexity index is 824. The number of hydrogen-bond acceptors (Lipinski definition) is 3. The van der Waals surface area contributed by atoms with Gasteiger partial charge in [0.25, 0.3) is 0 Å². The average molecular weight is 360 g/mol. The van der Waals surface area contributed by atoms with E-state index in [1.54, 1.807) is 36.2 Å². The number of carbonyl (C=O) groups excluding carboxylic acids is 2. The van der Waals surface area contributed by atoms with Gasteiger partial charge in [-0.25, -0.2) is 8.78 Å². The van der Waals surface area contributed by atoms with Crippen LogP contribution in [0.25, 0.3) is 0 Å². The molecule has 1 aliphatic rings. The van der Waals surface area contributed by atoms with Crippen LogP contribution >= 0.6 is 0 Å². The number of carbonyl (C=O) groups is 2. The van der Waals surface area contributed by atoms with Crippen molar-refractivity contribution in [1.82, 2.24) is 5.32 Å². The molecule has 3 rings (SSSR count). The first-order valence-corrected chi connectivity index (χ1v) is 8.16. The second kappa shape index (κ2) is 7.51. The third kappa shape index (κ3) is 3.82. The first-order valence-electron chi connectivity index (χ1n) is 8.16. The van der Waals surface area contributed by atoms with Gasteiger partial charge in [-0.1, -0.05) is 6.07 Å². The third-order valence-corrected chi connectivity index (χ3v) is 4.28. The number of nitrogens with zero attached hydrogens (tertiary/aromatic N) is 1. The van der Waals surface area contributed by atoms with E-state index in [0.717, 1.165) is 12.1 Å². The zero-order chi connectivity index (χ0) is 18.7. The maximum atomic E-state index is 13.2. The number of amides is 2. The van der Waals surface area contributed by atoms with Crippen LogP contribution in [0.4, 0.5) is 14.5 Å². The molecule has 2 amide bonds. The Morgan fingerprint density at radius 3 is 2.58 bits per heavy atom. The number of anilines is 1. The minimum absolute atomic E-state index is 0.0952. The number of ether oxygens (including phenoxy) is 1. The number of benzene rings is 2. The molecule has 0 saturated carbocycles. The van der Waals surface area contributed by atoms with E-state index in [0.29, 0.717) is 23.5 Å². The van der Waals surface area contributed by atoms with E-state index >= 15 is 0 Å². The van der Waals surface area contributed by atoms with E-state index in [1.165, 1.54) is 6.07 Å². The highest BCUT2D eigenvalue weighted by Crippen LogP contribution is 2.27. The van der Waals surface area contributed by atoms with Gasteiger partial charge in [-0.2, -0.15) is 0 Å². The Balaban J connectivity index is 1.62. The highest BCUT2D eigenvalue weighted by Gasteiger charge is 2.34. The molecule has 0 radical (unpaired) electrons. The lowest BCUT2D eigenvalue weighted by Crippen LogP contribution is -2.30. The van der Waals surface area contributed by atoms with Crippen molar-refractivity contribution in [3.8, 4) is 5.75 Å². The molecule has 7 heteroatoms. The van der Waals surface area contributed by atoms with E-state index < -0.39 is 11.6 Å². The van der Waals surface area contributed by atoms with Crippen molar-refractivity contribution in [3.05, 3.63) is 59.7 Å². The van der Waals surface area contributed by atoms with Crippen molar-refractivity contribution >= 4 is 17.5 Å². The Morgan fingerprint density at radius 2 is 1.92 bits per heavy atom. The Morgan fingerprint density at radius 1 is 1.19 bits per heavy atom. The summed E-state index contributed by atoms with van der Waals surface area (Å²) in [6.07, 6.45) is 0.189. The van der Waals surface area contributed by atoms with Gasteiger partial charge < -0.3 is 15.0 Å². The fourth-order valence-corrected chi connectivity index (χ4v) is 2.86. The maximum absolute atomic E-state index is 13.2. The molecule has 1 N–H and O–H groups in total. The molecule has 5 nitrogen and oxygen atoms in total. The third-order valence-electron chi connectivity index (χ3n) is 4.28. The monoisotopic (exact) mass is 360 g/mol. The van der Waals surface area contributed by atoms with Crippen LogP contribution in [0.1, 0.15) is 12.0 Å². The molecule has 1 atom stereocenters. The van der Waals surface area contributed by atoms with Crippen LogP contribution in [0.5, 0.6) is 5.75 Å². The first kappa shape index (κ1) is 17.8. The van der Waals surface area contributed by atoms with Gasteiger partial charge in [0, 0.05) is 25.7 Å². The minimum Gasteiger partial charge on any atom is -0.489 e. The zero-order valence-electron chi connectivity index (χ0n) is 14.2. The molecule has 1 unspecified atom stereocenters. The van der Waals surface area contributed by atoms with Crippen molar-refractivity contribution in [2.45, 2.75) is 13.0 Å². The predicted octanol–water partition coefficient (Wildman–Crippen LogP) is 2.64. The quantitative estimate of drug-likeness (QED) is 0.892. The van der Waals surface area contributed by atoms with E-state index in [4.69, 9.17) is 4.74 Å². The summed E-state index contributed by atoms with van der Waals surface area (Å²) in [7, 11) is 1.55. The Labute approximate surface area is 149 Å². The molecule has 0 aliphatic carbocycles. The smallest absolute Gasteiger partial charge is 0.227 e. The summed E-state index contributed by atoms with van der Waals surface area (Å²) >= 11 is 0. The van der Waals surface area contributed by atoms with Crippen molar-refractivity contribution in [3.63, 3.8) is 0 Å². The van der Waals surface area contributed by atoms with Gasteiger partial charge in [-0.3, -0.25) is 9.59 Å². The lowest BCUT2D eigenvalue weighted by atomic mass is 10.1. The molecular weight excluding hydrogens is 342 g/mol. The Hall–Kier alpha value is -2.96. The lowest BCUT2D eigenvalue weighted by molar-refractivity contribution is -0.125. The Kier molecular flexibility index (Phi) is 5.16. The van der Waals surface area contributed by atoms with Gasteiger partial charge in [0.1, 0.15) is 12.4 Å². The fraction of sp³-hybridized carbons (Fsp3) is 0.263. The number of hydrogen-bond donors (Lipinski definition) is 1. The molecule has 1 aliphatic heterocycles. The topological polar surface area (TPSA) is 58.6 Å². The number of nitrogens with one attached hydrogen (secondary N) is 1. The molecule has 1 heterocycles. The van der Waals surface area contributed by atoms with Crippen molar-refractivity contribution < 1.29 is 23.1 Å². The normalized spacial score (nSPS) is 16.7. The van der Waals surface area contributed by atoms with Crippen molar-refractivity contribution in [1.29, 1.82) is 0 Å². The van der Waals surface area contributed by atoms with E-state index in [-0.39, 0.29) is 30.8 Å². The molecule has 0 aromatic heterocycles. The molecule has 0 spiro atoms. The molecule has 1 saturated heterocycles. The molecule has 1 fully saturated rings. The van der Waals surface area contributed by atoms with E-state index in [9.17, 15) is 18.4 Å². The summed E-state index contributed by atoms with van der Waals surface area (Å²) in [5.74, 6) is -1.88. The summed E-state index contributed by atoms with van der Waals surface area (Å²) in [6.45, 7) is 0.436. The van der Waals surface area contributed by atoms with Crippen LogP contribution in [-0.2, 0) is 16.2 Å². The van der Waals surface area contributed by atoms with Crippen LogP contribution in [0, 0.1) is 17.6 Å². The summed E-state index contributed by atoms with van der Waals surface area (Å²) in [6, 6.07) is 10.4. The van der Waals surface area contributed by atoms with Crippen molar-refractivity contribution in [2.24, 2.45) is 5.92 Å². The predicted molar refractivity (Wildman–Crippen MR) is 91.7 cm³/mol. The van der Waals surface area contributed by atoms with Gasteiger partial charge in [0.05, 0.1) is 5.92 Å². The number of rotatable bonds is 5. The van der Waals surface area contributed by atoms with Gasteiger partial charge in [-0.05, 0) is 42.0 Å². The summed E-state index contributed by atoms with van der Waals surface area (Å²) in [5, 5.41) is 2.56. The van der Waals surface area contributed by atoms with Crippen LogP contribution in [0.3, 0.4) is 0 Å². The molecule has 2 aromatic carbocycles. The van der Waals surface area contributed by atoms with E-state index in [1.807, 2.05) is 0 Å². The lowest BCUT2D eigenvalue weighted by Gasteiger charge is -2.17. The molecule has 2 aromatic rings. The minimum atomic E-state index is -0.917.